The lowest BCUT2D eigenvalue weighted by Gasteiger charge is -2.34. The highest BCUT2D eigenvalue weighted by atomic mass is 32.1. The van der Waals surface area contributed by atoms with E-state index in [2.05, 4.69) is 15.0 Å². The SMILES string of the molecule is Cc1nc(-c2cccnc2)sc1C(=O)N1CCCC(C(=O)N(C)CCc2ccncc2)C1. The van der Waals surface area contributed by atoms with Crippen molar-refractivity contribution < 1.29 is 9.59 Å². The molecule has 0 spiro atoms. The fraction of sp³-hybridized carbons (Fsp3) is 0.375. The van der Waals surface area contributed by atoms with E-state index in [0.29, 0.717) is 24.5 Å². The van der Waals surface area contributed by atoms with Gasteiger partial charge in [0, 0.05) is 57.0 Å². The van der Waals surface area contributed by atoms with E-state index in [4.69, 9.17) is 0 Å². The fourth-order valence-corrected chi connectivity index (χ4v) is 5.01. The van der Waals surface area contributed by atoms with E-state index < -0.39 is 0 Å². The van der Waals surface area contributed by atoms with Crippen LogP contribution in [0.25, 0.3) is 10.6 Å². The third-order valence-electron chi connectivity index (χ3n) is 5.82. The van der Waals surface area contributed by atoms with Crippen LogP contribution in [0, 0.1) is 12.8 Å². The maximum Gasteiger partial charge on any atom is 0.265 e. The van der Waals surface area contributed by atoms with Crippen LogP contribution in [0.1, 0.15) is 33.8 Å². The molecule has 1 atom stereocenters. The predicted molar refractivity (Wildman–Crippen MR) is 124 cm³/mol. The van der Waals surface area contributed by atoms with E-state index >= 15 is 0 Å². The van der Waals surface area contributed by atoms with E-state index in [1.54, 1.807) is 29.7 Å². The third-order valence-corrected chi connectivity index (χ3v) is 7.01. The molecule has 1 unspecified atom stereocenters. The first-order chi connectivity index (χ1) is 15.5. The van der Waals surface area contributed by atoms with E-state index in [9.17, 15) is 9.59 Å². The van der Waals surface area contributed by atoms with Crippen LogP contribution in [0.3, 0.4) is 0 Å². The second-order valence-corrected chi connectivity index (χ2v) is 9.13. The number of hydrogen-bond acceptors (Lipinski definition) is 6. The molecule has 1 saturated heterocycles. The summed E-state index contributed by atoms with van der Waals surface area (Å²) < 4.78 is 0. The summed E-state index contributed by atoms with van der Waals surface area (Å²) in [5, 5.41) is 0.791. The Morgan fingerprint density at radius 2 is 2.00 bits per heavy atom. The molecule has 0 radical (unpaired) electrons. The molecule has 7 nitrogen and oxygen atoms in total. The number of carbonyl (C=O) groups is 2. The molecule has 8 heteroatoms. The van der Waals surface area contributed by atoms with E-state index in [1.165, 1.54) is 11.3 Å². The van der Waals surface area contributed by atoms with Crippen molar-refractivity contribution in [2.75, 3.05) is 26.7 Å². The van der Waals surface area contributed by atoms with E-state index in [-0.39, 0.29) is 17.7 Å². The van der Waals surface area contributed by atoms with Gasteiger partial charge in [-0.1, -0.05) is 0 Å². The molecule has 0 aromatic carbocycles. The Labute approximate surface area is 192 Å². The van der Waals surface area contributed by atoms with Gasteiger partial charge in [0.2, 0.25) is 5.91 Å². The molecule has 4 rings (SSSR count). The number of nitrogens with zero attached hydrogens (tertiary/aromatic N) is 5. The molecule has 0 saturated carbocycles. The smallest absolute Gasteiger partial charge is 0.265 e. The van der Waals surface area contributed by atoms with Crippen LogP contribution in [0.15, 0.2) is 49.1 Å². The van der Waals surface area contributed by atoms with Gasteiger partial charge in [-0.3, -0.25) is 19.6 Å². The van der Waals surface area contributed by atoms with Gasteiger partial charge in [0.1, 0.15) is 9.88 Å². The second kappa shape index (κ2) is 9.99. The highest BCUT2D eigenvalue weighted by molar-refractivity contribution is 7.17. The number of rotatable bonds is 6. The van der Waals surface area contributed by atoms with Gasteiger partial charge in [-0.2, -0.15) is 0 Å². The van der Waals surface area contributed by atoms with Crippen molar-refractivity contribution in [3.05, 3.63) is 65.2 Å². The van der Waals surface area contributed by atoms with E-state index in [1.807, 2.05) is 43.1 Å². The number of carbonyl (C=O) groups excluding carboxylic acids is 2. The number of aryl methyl sites for hydroxylation is 1. The predicted octanol–water partition coefficient (Wildman–Crippen LogP) is 3.46. The number of pyridine rings is 2. The van der Waals surface area contributed by atoms with Crippen molar-refractivity contribution in [2.24, 2.45) is 5.92 Å². The highest BCUT2D eigenvalue weighted by Gasteiger charge is 2.32. The molecule has 4 heterocycles. The van der Waals surface area contributed by atoms with Crippen molar-refractivity contribution in [2.45, 2.75) is 26.2 Å². The molecule has 1 aliphatic heterocycles. The lowest BCUT2D eigenvalue weighted by atomic mass is 9.96. The molecule has 0 aliphatic carbocycles. The Balaban J connectivity index is 1.39. The topological polar surface area (TPSA) is 79.3 Å². The largest absolute Gasteiger partial charge is 0.345 e. The fourth-order valence-electron chi connectivity index (χ4n) is 3.98. The maximum absolute atomic E-state index is 13.3. The summed E-state index contributed by atoms with van der Waals surface area (Å²) >= 11 is 1.39. The third kappa shape index (κ3) is 5.02. The number of likely N-dealkylation sites (N-methyl/N-ethyl adjacent to an activating group) is 1. The Bertz CT molecular complexity index is 1070. The van der Waals surface area contributed by atoms with Crippen LogP contribution in [0.2, 0.25) is 0 Å². The number of aromatic nitrogens is 3. The van der Waals surface area contributed by atoms with Crippen LogP contribution < -0.4 is 0 Å². The molecule has 1 fully saturated rings. The Morgan fingerprint density at radius 1 is 1.19 bits per heavy atom. The van der Waals surface area contributed by atoms with Crippen molar-refractivity contribution in [1.82, 2.24) is 24.8 Å². The van der Waals surface area contributed by atoms with Crippen LogP contribution in [-0.2, 0) is 11.2 Å². The lowest BCUT2D eigenvalue weighted by Crippen LogP contribution is -2.46. The van der Waals surface area contributed by atoms with Gasteiger partial charge >= 0.3 is 0 Å². The van der Waals surface area contributed by atoms with Gasteiger partial charge in [0.25, 0.3) is 5.91 Å². The zero-order chi connectivity index (χ0) is 22.5. The van der Waals surface area contributed by atoms with Crippen LogP contribution in [0.4, 0.5) is 0 Å². The Morgan fingerprint density at radius 3 is 2.75 bits per heavy atom. The van der Waals surface area contributed by atoms with Crippen molar-refractivity contribution in [1.29, 1.82) is 0 Å². The second-order valence-electron chi connectivity index (χ2n) is 8.13. The lowest BCUT2D eigenvalue weighted by molar-refractivity contribution is -0.135. The summed E-state index contributed by atoms with van der Waals surface area (Å²) in [6.45, 7) is 3.64. The molecule has 1 aliphatic rings. The van der Waals surface area contributed by atoms with Crippen LogP contribution >= 0.6 is 11.3 Å². The minimum atomic E-state index is -0.166. The average Bonchev–Trinajstić information content (AvgIpc) is 3.24. The quantitative estimate of drug-likeness (QED) is 0.576. The van der Waals surface area contributed by atoms with Gasteiger partial charge < -0.3 is 9.80 Å². The molecule has 3 aromatic heterocycles. The zero-order valence-corrected chi connectivity index (χ0v) is 19.2. The normalized spacial score (nSPS) is 16.1. The monoisotopic (exact) mass is 449 g/mol. The maximum atomic E-state index is 13.3. The highest BCUT2D eigenvalue weighted by Crippen LogP contribution is 2.29. The van der Waals surface area contributed by atoms with E-state index in [0.717, 1.165) is 41.1 Å². The van der Waals surface area contributed by atoms with Crippen molar-refractivity contribution in [3.8, 4) is 10.6 Å². The molecule has 2 amide bonds. The molecule has 0 bridgehead atoms. The standard InChI is InChI=1S/C24H27N5O2S/c1-17-21(32-22(27-17)19-5-3-10-26-15-19)24(31)29-13-4-6-20(16-29)23(30)28(2)14-9-18-7-11-25-12-8-18/h3,5,7-8,10-12,15,20H,4,6,9,13-14,16H2,1-2H3. The summed E-state index contributed by atoms with van der Waals surface area (Å²) in [6.07, 6.45) is 9.43. The van der Waals surface area contributed by atoms with Gasteiger partial charge in [-0.15, -0.1) is 11.3 Å². The molecule has 166 valence electrons. The summed E-state index contributed by atoms with van der Waals surface area (Å²) in [4.78, 5) is 43.3. The first kappa shape index (κ1) is 22.1. The summed E-state index contributed by atoms with van der Waals surface area (Å²) in [7, 11) is 1.85. The Hall–Kier alpha value is -3.13. The van der Waals surface area contributed by atoms with Crippen LogP contribution in [-0.4, -0.2) is 63.2 Å². The van der Waals surface area contributed by atoms with Gasteiger partial charge in [0.05, 0.1) is 11.6 Å². The average molecular weight is 450 g/mol. The first-order valence-electron chi connectivity index (χ1n) is 10.8. The number of piperidine rings is 1. The number of hydrogen-bond donors (Lipinski definition) is 0. The van der Waals surface area contributed by atoms with Crippen LogP contribution in [0.5, 0.6) is 0 Å². The number of thiazole rings is 1. The summed E-state index contributed by atoms with van der Waals surface area (Å²) in [5.74, 6) is -0.0955. The molecular formula is C24H27N5O2S. The summed E-state index contributed by atoms with van der Waals surface area (Å²) in [6, 6.07) is 7.74. The minimum Gasteiger partial charge on any atom is -0.345 e. The summed E-state index contributed by atoms with van der Waals surface area (Å²) in [5.41, 5.74) is 2.79. The number of likely N-dealkylation sites (tertiary alicyclic amines) is 1. The first-order valence-corrected chi connectivity index (χ1v) is 11.7. The number of amides is 2. The molecule has 32 heavy (non-hydrogen) atoms. The van der Waals surface area contributed by atoms with Crippen molar-refractivity contribution in [3.63, 3.8) is 0 Å². The molecule has 3 aromatic rings. The van der Waals surface area contributed by atoms with Crippen molar-refractivity contribution >= 4 is 23.2 Å². The minimum absolute atomic E-state index is 0.0351. The van der Waals surface area contributed by atoms with Gasteiger partial charge in [-0.05, 0) is 56.0 Å². The van der Waals surface area contributed by atoms with Gasteiger partial charge in [-0.25, -0.2) is 4.98 Å². The molecule has 0 N–H and O–H groups in total. The Kier molecular flexibility index (Phi) is 6.90. The van der Waals surface area contributed by atoms with Gasteiger partial charge in [0.15, 0.2) is 0 Å². The zero-order valence-electron chi connectivity index (χ0n) is 18.4. The molecular weight excluding hydrogens is 422 g/mol.